The highest BCUT2D eigenvalue weighted by atomic mass is 35.5. The number of rotatable bonds is 5. The van der Waals surface area contributed by atoms with Crippen molar-refractivity contribution in [1.82, 2.24) is 4.98 Å². The molecule has 5 nitrogen and oxygen atoms in total. The van der Waals surface area contributed by atoms with E-state index in [0.717, 1.165) is 5.56 Å². The number of ether oxygens (including phenoxy) is 2. The van der Waals surface area contributed by atoms with Gasteiger partial charge in [-0.15, -0.1) is 0 Å². The Bertz CT molecular complexity index is 652. The van der Waals surface area contributed by atoms with E-state index in [1.165, 1.54) is 11.3 Å². The molecule has 2 rings (SSSR count). The summed E-state index contributed by atoms with van der Waals surface area (Å²) in [6, 6.07) is 7.64. The van der Waals surface area contributed by atoms with E-state index in [1.807, 2.05) is 24.3 Å². The fraction of sp³-hybridized carbons (Fsp3) is 0.231. The van der Waals surface area contributed by atoms with Gasteiger partial charge >= 0.3 is 0 Å². The molecular weight excluding hydrogens is 298 g/mol. The quantitative estimate of drug-likeness (QED) is 0.918. The summed E-state index contributed by atoms with van der Waals surface area (Å²) in [5, 5.41) is 12.8. The van der Waals surface area contributed by atoms with E-state index < -0.39 is 0 Å². The van der Waals surface area contributed by atoms with Crippen LogP contribution in [-0.2, 0) is 6.54 Å². The maximum atomic E-state index is 8.82. The van der Waals surface area contributed by atoms with Crippen molar-refractivity contribution in [3.63, 3.8) is 0 Å². The van der Waals surface area contributed by atoms with Crippen LogP contribution in [0.2, 0.25) is 5.15 Å². The summed E-state index contributed by atoms with van der Waals surface area (Å²) in [7, 11) is 3.19. The molecule has 1 N–H and O–H groups in total. The van der Waals surface area contributed by atoms with Crippen LogP contribution < -0.4 is 14.8 Å². The lowest BCUT2D eigenvalue weighted by Gasteiger charge is -2.09. The molecule has 0 aliphatic carbocycles. The number of thiazole rings is 1. The van der Waals surface area contributed by atoms with Crippen LogP contribution in [0.4, 0.5) is 5.13 Å². The molecule has 0 spiro atoms. The summed E-state index contributed by atoms with van der Waals surface area (Å²) in [6.45, 7) is 0.551. The SMILES string of the molecule is COc1ccc(CNc2nc(Cl)c(C#N)s2)cc1OC. The minimum Gasteiger partial charge on any atom is -0.493 e. The predicted molar refractivity (Wildman–Crippen MR) is 78.7 cm³/mol. The Morgan fingerprint density at radius 1 is 1.35 bits per heavy atom. The van der Waals surface area contributed by atoms with Gasteiger partial charge in [0.1, 0.15) is 10.9 Å². The van der Waals surface area contributed by atoms with Gasteiger partial charge in [0.2, 0.25) is 0 Å². The summed E-state index contributed by atoms with van der Waals surface area (Å²) in [4.78, 5) is 4.47. The topological polar surface area (TPSA) is 67.2 Å². The van der Waals surface area contributed by atoms with Gasteiger partial charge in [-0.2, -0.15) is 5.26 Å². The first-order valence-electron chi connectivity index (χ1n) is 5.69. The second kappa shape index (κ2) is 6.46. The number of benzene rings is 1. The van der Waals surface area contributed by atoms with Crippen molar-refractivity contribution in [2.75, 3.05) is 19.5 Å². The zero-order valence-electron chi connectivity index (χ0n) is 10.9. The summed E-state index contributed by atoms with van der Waals surface area (Å²) in [6.07, 6.45) is 0. The van der Waals surface area contributed by atoms with Crippen LogP contribution in [0.5, 0.6) is 11.5 Å². The summed E-state index contributed by atoms with van der Waals surface area (Å²) in [5.74, 6) is 1.35. The molecule has 0 saturated heterocycles. The molecule has 1 aromatic carbocycles. The number of aromatic nitrogens is 1. The van der Waals surface area contributed by atoms with Gasteiger partial charge in [-0.25, -0.2) is 4.98 Å². The van der Waals surface area contributed by atoms with Crippen molar-refractivity contribution in [2.24, 2.45) is 0 Å². The maximum Gasteiger partial charge on any atom is 0.185 e. The third kappa shape index (κ3) is 3.13. The number of nitrogens with one attached hydrogen (secondary N) is 1. The summed E-state index contributed by atoms with van der Waals surface area (Å²) >= 11 is 7.04. The minimum absolute atomic E-state index is 0.229. The molecule has 0 saturated carbocycles. The number of methoxy groups -OCH3 is 2. The van der Waals surface area contributed by atoms with Gasteiger partial charge in [0.05, 0.1) is 14.2 Å². The van der Waals surface area contributed by atoms with E-state index in [-0.39, 0.29) is 5.15 Å². The molecule has 2 aromatic rings. The third-order valence-electron chi connectivity index (χ3n) is 2.58. The highest BCUT2D eigenvalue weighted by Gasteiger charge is 2.09. The molecule has 0 atom stereocenters. The highest BCUT2D eigenvalue weighted by molar-refractivity contribution is 7.16. The van der Waals surface area contributed by atoms with E-state index in [4.69, 9.17) is 26.3 Å². The van der Waals surface area contributed by atoms with E-state index in [0.29, 0.717) is 28.1 Å². The number of hydrogen-bond acceptors (Lipinski definition) is 6. The van der Waals surface area contributed by atoms with Crippen LogP contribution in [0, 0.1) is 11.3 Å². The zero-order chi connectivity index (χ0) is 14.5. The summed E-state index contributed by atoms with van der Waals surface area (Å²) in [5.41, 5.74) is 1.01. The van der Waals surface area contributed by atoms with Crippen LogP contribution in [-0.4, -0.2) is 19.2 Å². The number of anilines is 1. The van der Waals surface area contributed by atoms with E-state index in [9.17, 15) is 0 Å². The first-order chi connectivity index (χ1) is 9.67. The number of halogens is 1. The van der Waals surface area contributed by atoms with Crippen molar-refractivity contribution in [1.29, 1.82) is 5.26 Å². The lowest BCUT2D eigenvalue weighted by Crippen LogP contribution is -2.00. The van der Waals surface area contributed by atoms with Crippen molar-refractivity contribution in [2.45, 2.75) is 6.54 Å². The molecule has 0 aliphatic heterocycles. The Kier molecular flexibility index (Phi) is 4.66. The molecule has 0 fully saturated rings. The van der Waals surface area contributed by atoms with Crippen LogP contribution in [0.3, 0.4) is 0 Å². The first kappa shape index (κ1) is 14.4. The second-order valence-corrected chi connectivity index (χ2v) is 5.15. The van der Waals surface area contributed by atoms with Gasteiger partial charge in [0.15, 0.2) is 21.8 Å². The Morgan fingerprint density at radius 3 is 2.70 bits per heavy atom. The van der Waals surface area contributed by atoms with E-state index >= 15 is 0 Å². The monoisotopic (exact) mass is 309 g/mol. The Balaban J connectivity index is 2.09. The summed E-state index contributed by atoms with van der Waals surface area (Å²) < 4.78 is 10.4. The van der Waals surface area contributed by atoms with Gasteiger partial charge in [0, 0.05) is 6.54 Å². The smallest absolute Gasteiger partial charge is 0.185 e. The van der Waals surface area contributed by atoms with Crippen LogP contribution in [0.1, 0.15) is 10.4 Å². The second-order valence-electron chi connectivity index (χ2n) is 3.79. The fourth-order valence-electron chi connectivity index (χ4n) is 1.61. The number of nitrogens with zero attached hydrogens (tertiary/aromatic N) is 2. The predicted octanol–water partition coefficient (Wildman–Crippen LogP) is 3.30. The Hall–Kier alpha value is -1.97. The molecule has 1 heterocycles. The average Bonchev–Trinajstić information content (AvgIpc) is 2.85. The lowest BCUT2D eigenvalue weighted by molar-refractivity contribution is 0.354. The van der Waals surface area contributed by atoms with E-state index in [1.54, 1.807) is 14.2 Å². The van der Waals surface area contributed by atoms with Gasteiger partial charge in [0.25, 0.3) is 0 Å². The van der Waals surface area contributed by atoms with Crippen LogP contribution in [0.25, 0.3) is 0 Å². The average molecular weight is 310 g/mol. The van der Waals surface area contributed by atoms with Gasteiger partial charge < -0.3 is 14.8 Å². The number of hydrogen-bond donors (Lipinski definition) is 1. The normalized spacial score (nSPS) is 9.90. The minimum atomic E-state index is 0.229. The van der Waals surface area contributed by atoms with Crippen molar-refractivity contribution in [3.8, 4) is 17.6 Å². The van der Waals surface area contributed by atoms with Crippen molar-refractivity contribution < 1.29 is 9.47 Å². The van der Waals surface area contributed by atoms with Gasteiger partial charge in [-0.05, 0) is 17.7 Å². The molecule has 0 bridgehead atoms. The van der Waals surface area contributed by atoms with E-state index in [2.05, 4.69) is 10.3 Å². The fourth-order valence-corrected chi connectivity index (χ4v) is 2.56. The number of nitriles is 1. The maximum absolute atomic E-state index is 8.82. The largest absolute Gasteiger partial charge is 0.493 e. The molecule has 104 valence electrons. The lowest BCUT2D eigenvalue weighted by atomic mass is 10.2. The molecule has 0 unspecified atom stereocenters. The zero-order valence-corrected chi connectivity index (χ0v) is 12.5. The third-order valence-corrected chi connectivity index (χ3v) is 3.88. The van der Waals surface area contributed by atoms with Gasteiger partial charge in [-0.1, -0.05) is 29.0 Å². The molecule has 0 aliphatic rings. The van der Waals surface area contributed by atoms with Crippen LogP contribution >= 0.6 is 22.9 Å². The standard InChI is InChI=1S/C13H12ClN3O2S/c1-18-9-4-3-8(5-10(9)19-2)7-16-13-17-12(14)11(6-15)20-13/h3-5H,7H2,1-2H3,(H,16,17). The first-order valence-corrected chi connectivity index (χ1v) is 6.88. The Labute approximate surface area is 125 Å². The van der Waals surface area contributed by atoms with Crippen LogP contribution in [0.15, 0.2) is 18.2 Å². The molecule has 1 aromatic heterocycles. The van der Waals surface area contributed by atoms with Crippen molar-refractivity contribution in [3.05, 3.63) is 33.8 Å². The molecule has 7 heteroatoms. The van der Waals surface area contributed by atoms with Crippen molar-refractivity contribution >= 4 is 28.1 Å². The molecular formula is C13H12ClN3O2S. The molecule has 0 radical (unpaired) electrons. The highest BCUT2D eigenvalue weighted by Crippen LogP contribution is 2.29. The van der Waals surface area contributed by atoms with Gasteiger partial charge in [-0.3, -0.25) is 0 Å². The molecule has 0 amide bonds. The molecule has 20 heavy (non-hydrogen) atoms. The Morgan fingerprint density at radius 2 is 2.10 bits per heavy atom.